The third kappa shape index (κ3) is 8.02. The van der Waals surface area contributed by atoms with E-state index in [2.05, 4.69) is 20.5 Å². The van der Waals surface area contributed by atoms with Crippen LogP contribution in [0.25, 0.3) is 0 Å². The number of benzene rings is 2. The fourth-order valence-corrected chi connectivity index (χ4v) is 4.66. The first-order chi connectivity index (χ1) is 18.8. The largest absolute Gasteiger partial charge is 0.489 e. The van der Waals surface area contributed by atoms with Crippen molar-refractivity contribution in [2.24, 2.45) is 0 Å². The van der Waals surface area contributed by atoms with Crippen molar-refractivity contribution >= 4 is 23.3 Å². The number of nitrogens with one attached hydrogen (secondary N) is 2. The molecule has 0 spiro atoms. The summed E-state index contributed by atoms with van der Waals surface area (Å²) in [7, 11) is 2.04. The van der Waals surface area contributed by atoms with Crippen molar-refractivity contribution in [3.05, 3.63) is 83.7 Å². The van der Waals surface area contributed by atoms with E-state index >= 15 is 0 Å². The van der Waals surface area contributed by atoms with Gasteiger partial charge in [0, 0.05) is 55.4 Å². The van der Waals surface area contributed by atoms with Crippen molar-refractivity contribution in [2.45, 2.75) is 45.4 Å². The zero-order chi connectivity index (χ0) is 27.8. The Hall–Kier alpha value is -3.95. The van der Waals surface area contributed by atoms with Crippen molar-refractivity contribution < 1.29 is 19.4 Å². The highest BCUT2D eigenvalue weighted by Crippen LogP contribution is 2.28. The summed E-state index contributed by atoms with van der Waals surface area (Å²) in [4.78, 5) is 33.9. The number of fused-ring (bicyclic) bond motifs is 1. The highest BCUT2D eigenvalue weighted by atomic mass is 16.5. The number of hydrogen-bond acceptors (Lipinski definition) is 6. The number of ether oxygens (including phenoxy) is 1. The zero-order valence-electron chi connectivity index (χ0n) is 22.8. The average molecular weight is 532 g/mol. The maximum atomic E-state index is 13.3. The molecule has 206 valence electrons. The number of nitrogens with zero attached hydrogens (tertiary/aromatic N) is 3. The van der Waals surface area contributed by atoms with Gasteiger partial charge in [-0.15, -0.1) is 0 Å². The number of aliphatic hydroxyl groups is 1. The summed E-state index contributed by atoms with van der Waals surface area (Å²) in [6.45, 7) is 5.58. The minimum absolute atomic E-state index is 0.0894. The Balaban J connectivity index is 1.52. The molecule has 2 aromatic carbocycles. The number of urea groups is 1. The molecule has 0 saturated carbocycles. The van der Waals surface area contributed by atoms with Crippen molar-refractivity contribution in [2.75, 3.05) is 37.4 Å². The van der Waals surface area contributed by atoms with Gasteiger partial charge in [-0.2, -0.15) is 0 Å². The molecular weight excluding hydrogens is 494 g/mol. The molecule has 3 N–H and O–H groups in total. The molecule has 9 heteroatoms. The van der Waals surface area contributed by atoms with E-state index in [1.165, 1.54) is 0 Å². The molecular formula is C30H37N5O4. The summed E-state index contributed by atoms with van der Waals surface area (Å²) in [5, 5.41) is 15.5. The number of pyridine rings is 1. The molecule has 3 aromatic rings. The van der Waals surface area contributed by atoms with Crippen LogP contribution in [-0.2, 0) is 17.8 Å². The number of amides is 3. The first-order valence-corrected chi connectivity index (χ1v) is 13.2. The molecule has 2 heterocycles. The number of hydrogen-bond donors (Lipinski definition) is 3. The molecule has 0 radical (unpaired) electrons. The molecule has 3 amide bonds. The Bertz CT molecular complexity index is 1250. The first kappa shape index (κ1) is 28.1. The van der Waals surface area contributed by atoms with Crippen molar-refractivity contribution in [3.63, 3.8) is 0 Å². The molecule has 39 heavy (non-hydrogen) atoms. The van der Waals surface area contributed by atoms with Gasteiger partial charge in [0.1, 0.15) is 11.9 Å². The monoisotopic (exact) mass is 531 g/mol. The predicted octanol–water partition coefficient (Wildman–Crippen LogP) is 4.07. The lowest BCUT2D eigenvalue weighted by Gasteiger charge is -2.30. The van der Waals surface area contributed by atoms with Gasteiger partial charge in [0.2, 0.25) is 5.91 Å². The van der Waals surface area contributed by atoms with E-state index in [9.17, 15) is 14.7 Å². The van der Waals surface area contributed by atoms with E-state index in [1.807, 2.05) is 63.4 Å². The summed E-state index contributed by atoms with van der Waals surface area (Å²) < 4.78 is 6.48. The lowest BCUT2D eigenvalue weighted by atomic mass is 10.1. The number of carbonyl (C=O) groups excluding carboxylic acids is 2. The molecule has 0 unspecified atom stereocenters. The number of aliphatic hydroxyl groups excluding tert-OH is 1. The van der Waals surface area contributed by atoms with E-state index in [0.29, 0.717) is 42.2 Å². The molecule has 4 rings (SSSR count). The van der Waals surface area contributed by atoms with Gasteiger partial charge in [0.15, 0.2) is 0 Å². The Morgan fingerprint density at radius 3 is 2.54 bits per heavy atom. The van der Waals surface area contributed by atoms with Crippen LogP contribution >= 0.6 is 0 Å². The Labute approximate surface area is 229 Å². The molecule has 0 saturated heterocycles. The first-order valence-electron chi connectivity index (χ1n) is 13.2. The van der Waals surface area contributed by atoms with Gasteiger partial charge >= 0.3 is 6.03 Å². The number of aryl methyl sites for hydroxylation is 1. The topological polar surface area (TPSA) is 107 Å². The highest BCUT2D eigenvalue weighted by molar-refractivity contribution is 6.00. The van der Waals surface area contributed by atoms with Gasteiger partial charge in [0.05, 0.1) is 19.1 Å². The fourth-order valence-electron chi connectivity index (χ4n) is 4.66. The Morgan fingerprint density at radius 1 is 1.13 bits per heavy atom. The van der Waals surface area contributed by atoms with Crippen LogP contribution in [0, 0.1) is 6.92 Å². The summed E-state index contributed by atoms with van der Waals surface area (Å²) in [5.41, 5.74) is 4.19. The van der Waals surface area contributed by atoms with Crippen LogP contribution in [0.4, 0.5) is 16.2 Å². The summed E-state index contributed by atoms with van der Waals surface area (Å²) in [6, 6.07) is 16.2. The van der Waals surface area contributed by atoms with Gasteiger partial charge in [-0.1, -0.05) is 17.7 Å². The maximum Gasteiger partial charge on any atom is 0.323 e. The van der Waals surface area contributed by atoms with Crippen LogP contribution in [0.2, 0.25) is 0 Å². The Morgan fingerprint density at radius 2 is 1.82 bits per heavy atom. The second-order valence-electron chi connectivity index (χ2n) is 10.1. The average Bonchev–Trinajstić information content (AvgIpc) is 2.97. The number of aromatic nitrogens is 1. The fraction of sp³-hybridized carbons (Fsp3) is 0.367. The number of likely N-dealkylation sites (N-methyl/N-ethyl adjacent to an activating group) is 1. The van der Waals surface area contributed by atoms with Gasteiger partial charge in [-0.25, -0.2) is 4.79 Å². The lowest BCUT2D eigenvalue weighted by molar-refractivity contribution is -0.133. The van der Waals surface area contributed by atoms with Crippen molar-refractivity contribution in [1.82, 2.24) is 14.8 Å². The van der Waals surface area contributed by atoms with E-state index in [0.717, 1.165) is 17.7 Å². The molecule has 1 aromatic heterocycles. The van der Waals surface area contributed by atoms with E-state index in [4.69, 9.17) is 4.74 Å². The Kier molecular flexibility index (Phi) is 9.51. The molecule has 9 nitrogen and oxygen atoms in total. The third-order valence-electron chi connectivity index (χ3n) is 6.79. The predicted molar refractivity (Wildman–Crippen MR) is 152 cm³/mol. The SMILES string of the molecule is Cc1ccc(NC(=O)Nc2ccc3c(c2)CC(=O)N([C@@H](C)CO)CC[C@H](CN(C)Cc2ccncc2)O3)cc1. The van der Waals surface area contributed by atoms with Crippen LogP contribution in [0.1, 0.15) is 30.0 Å². The lowest BCUT2D eigenvalue weighted by Crippen LogP contribution is -2.43. The zero-order valence-corrected chi connectivity index (χ0v) is 22.8. The van der Waals surface area contributed by atoms with Crippen molar-refractivity contribution in [1.29, 1.82) is 0 Å². The molecule has 0 aliphatic carbocycles. The molecule has 0 bridgehead atoms. The summed E-state index contributed by atoms with van der Waals surface area (Å²) >= 11 is 0. The van der Waals surface area contributed by atoms with Crippen LogP contribution in [-0.4, -0.2) is 70.7 Å². The summed E-state index contributed by atoms with van der Waals surface area (Å²) in [5.74, 6) is 0.530. The van der Waals surface area contributed by atoms with Gasteiger partial charge in [-0.3, -0.25) is 14.7 Å². The van der Waals surface area contributed by atoms with Crippen molar-refractivity contribution in [3.8, 4) is 5.75 Å². The van der Waals surface area contributed by atoms with E-state index in [-0.39, 0.29) is 37.1 Å². The van der Waals surface area contributed by atoms with Gasteiger partial charge in [-0.05, 0) is 68.9 Å². The van der Waals surface area contributed by atoms with Crippen LogP contribution in [0.3, 0.4) is 0 Å². The van der Waals surface area contributed by atoms with Gasteiger partial charge < -0.3 is 25.4 Å². The third-order valence-corrected chi connectivity index (χ3v) is 6.79. The molecule has 1 aliphatic heterocycles. The second-order valence-corrected chi connectivity index (χ2v) is 10.1. The standard InChI is InChI=1S/C30H37N5O4/c1-21-4-6-25(7-5-21)32-30(38)33-26-8-9-28-24(16-26)17-29(37)35(22(2)20-36)15-12-27(39-28)19-34(3)18-23-10-13-31-14-11-23/h4-11,13-14,16,22,27,36H,12,15,17-20H2,1-3H3,(H2,32,33,38)/t22-,27+/m0/s1. The van der Waals surface area contributed by atoms with Gasteiger partial charge in [0.25, 0.3) is 0 Å². The van der Waals surface area contributed by atoms with E-state index < -0.39 is 0 Å². The number of anilines is 2. The van der Waals surface area contributed by atoms with Crippen LogP contribution in [0.15, 0.2) is 67.0 Å². The number of carbonyl (C=O) groups is 2. The number of rotatable bonds is 8. The molecule has 1 aliphatic rings. The minimum Gasteiger partial charge on any atom is -0.489 e. The highest BCUT2D eigenvalue weighted by Gasteiger charge is 2.27. The molecule has 0 fully saturated rings. The van der Waals surface area contributed by atoms with Crippen LogP contribution in [0.5, 0.6) is 5.75 Å². The molecule has 2 atom stereocenters. The smallest absolute Gasteiger partial charge is 0.323 e. The van der Waals surface area contributed by atoms with Crippen LogP contribution < -0.4 is 15.4 Å². The maximum absolute atomic E-state index is 13.3. The normalized spacial score (nSPS) is 16.4. The summed E-state index contributed by atoms with van der Waals surface area (Å²) in [6.07, 6.45) is 4.10. The quantitative estimate of drug-likeness (QED) is 0.405. The second kappa shape index (κ2) is 13.2. The minimum atomic E-state index is -0.375. The van der Waals surface area contributed by atoms with E-state index in [1.54, 1.807) is 29.4 Å².